The van der Waals surface area contributed by atoms with Gasteiger partial charge in [-0.25, -0.2) is 4.99 Å². The van der Waals surface area contributed by atoms with Gasteiger partial charge in [-0.2, -0.15) is 10.5 Å². The van der Waals surface area contributed by atoms with E-state index < -0.39 is 0 Å². The van der Waals surface area contributed by atoms with Crippen LogP contribution in [0.15, 0.2) is 88.6 Å². The molecule has 1 fully saturated rings. The van der Waals surface area contributed by atoms with Gasteiger partial charge < -0.3 is 0 Å². The number of Topliss-reactive ketones (excluding diaryl/α,β-unsaturated/α-hetero) is 2. The van der Waals surface area contributed by atoms with Crippen LogP contribution in [0.25, 0.3) is 27.1 Å². The summed E-state index contributed by atoms with van der Waals surface area (Å²) >= 11 is 0. The van der Waals surface area contributed by atoms with Crippen molar-refractivity contribution in [1.82, 2.24) is 0 Å². The number of fused-ring (bicyclic) bond motifs is 2. The normalized spacial score (nSPS) is 13.6. The van der Waals surface area contributed by atoms with E-state index in [9.17, 15) is 20.1 Å². The minimum atomic E-state index is -0.182. The predicted octanol–water partition coefficient (Wildman–Crippen LogP) is 10.5. The topological polar surface area (TPSA) is 94.1 Å². The number of ketones is 2. The maximum atomic E-state index is 13.5. The molecule has 1 aliphatic carbocycles. The summed E-state index contributed by atoms with van der Waals surface area (Å²) in [7, 11) is 0. The van der Waals surface area contributed by atoms with E-state index in [0.717, 1.165) is 29.4 Å². The molecule has 1 atom stereocenters. The zero-order valence-electron chi connectivity index (χ0n) is 27.9. The van der Waals surface area contributed by atoms with Gasteiger partial charge in [-0.15, -0.1) is 0 Å². The maximum Gasteiger partial charge on any atom is 0.166 e. The largest absolute Gasteiger partial charge is 0.294 e. The third-order valence-electron chi connectivity index (χ3n) is 8.85. The second-order valence-corrected chi connectivity index (χ2v) is 11.9. The van der Waals surface area contributed by atoms with E-state index >= 15 is 0 Å². The highest BCUT2D eigenvalue weighted by Crippen LogP contribution is 2.41. The number of carbonyl (C=O) groups is 2. The van der Waals surface area contributed by atoms with Crippen LogP contribution < -0.4 is 0 Å². The third kappa shape index (κ3) is 7.06. The minimum Gasteiger partial charge on any atom is -0.294 e. The Morgan fingerprint density at radius 1 is 0.804 bits per heavy atom. The number of aryl methyl sites for hydroxylation is 1. The lowest BCUT2D eigenvalue weighted by Gasteiger charge is -2.19. The van der Waals surface area contributed by atoms with Crippen molar-refractivity contribution in [1.29, 1.82) is 10.5 Å². The highest BCUT2D eigenvalue weighted by molar-refractivity contribution is 6.24. The quantitative estimate of drug-likeness (QED) is 0.113. The molecular weight excluding hydrogens is 566 g/mol. The number of hydrogen-bond acceptors (Lipinski definition) is 5. The van der Waals surface area contributed by atoms with Gasteiger partial charge in [0.2, 0.25) is 0 Å². The second-order valence-electron chi connectivity index (χ2n) is 11.9. The molecule has 1 saturated carbocycles. The first-order valence-corrected chi connectivity index (χ1v) is 15.9. The number of nitriles is 2. The van der Waals surface area contributed by atoms with E-state index in [1.54, 1.807) is 26.0 Å². The van der Waals surface area contributed by atoms with Crippen LogP contribution in [0.4, 0.5) is 0 Å². The van der Waals surface area contributed by atoms with Crippen LogP contribution in [-0.2, 0) is 0 Å². The van der Waals surface area contributed by atoms with Crippen molar-refractivity contribution in [2.24, 2.45) is 10.9 Å². The van der Waals surface area contributed by atoms with Crippen molar-refractivity contribution in [3.05, 3.63) is 111 Å². The molecule has 0 bridgehead atoms. The van der Waals surface area contributed by atoms with Crippen molar-refractivity contribution in [3.8, 4) is 12.1 Å². The van der Waals surface area contributed by atoms with Crippen molar-refractivity contribution in [2.75, 3.05) is 0 Å². The number of rotatable bonds is 8. The minimum absolute atomic E-state index is 0.0112. The van der Waals surface area contributed by atoms with Gasteiger partial charge in [0.1, 0.15) is 6.07 Å². The fraction of sp³-hybridized carbons (Fsp3) is 0.293. The van der Waals surface area contributed by atoms with E-state index in [2.05, 4.69) is 61.3 Å². The predicted molar refractivity (Wildman–Crippen MR) is 189 cm³/mol. The molecule has 0 heterocycles. The first-order chi connectivity index (χ1) is 22.1. The Hall–Kier alpha value is -5.13. The first-order valence-electron chi connectivity index (χ1n) is 15.9. The van der Waals surface area contributed by atoms with E-state index in [-0.39, 0.29) is 28.8 Å². The van der Waals surface area contributed by atoms with Gasteiger partial charge in [-0.05, 0) is 74.4 Å². The summed E-state index contributed by atoms with van der Waals surface area (Å²) in [5.41, 5.74) is 7.43. The van der Waals surface area contributed by atoms with Gasteiger partial charge >= 0.3 is 0 Å². The maximum absolute atomic E-state index is 13.5. The van der Waals surface area contributed by atoms with Crippen molar-refractivity contribution in [3.63, 3.8) is 0 Å². The first kappa shape index (κ1) is 33.8. The van der Waals surface area contributed by atoms with Crippen LogP contribution in [-0.4, -0.2) is 17.3 Å². The average molecular weight is 608 g/mol. The Morgan fingerprint density at radius 2 is 1.41 bits per heavy atom. The van der Waals surface area contributed by atoms with Gasteiger partial charge in [0, 0.05) is 45.5 Å². The molecule has 5 heteroatoms. The van der Waals surface area contributed by atoms with Crippen molar-refractivity contribution < 1.29 is 9.59 Å². The van der Waals surface area contributed by atoms with Crippen molar-refractivity contribution >= 4 is 44.4 Å². The smallest absolute Gasteiger partial charge is 0.166 e. The summed E-state index contributed by atoms with van der Waals surface area (Å²) in [4.78, 5) is 31.1. The van der Waals surface area contributed by atoms with Crippen LogP contribution in [0.5, 0.6) is 0 Å². The molecule has 0 radical (unpaired) electrons. The summed E-state index contributed by atoms with van der Waals surface area (Å²) in [5, 5.41) is 23.0. The molecular formula is C41H41N3O2. The van der Waals surface area contributed by atoms with Gasteiger partial charge in [0.25, 0.3) is 0 Å². The Labute approximate surface area is 272 Å². The standard InChI is InChI=1S/C30H31N3O2.C11H10/c1-7-17(3)30(35)25-14-13-24(27(34)8-2)28-22(19(5)21-9-10-21)11-12-23(29(25)28)20(6)33-26(16-32)18(4)15-31;1-9-5-4-7-10-6-2-3-8-11(9)10/h11-14,17H,7-10H2,1-6H3;2-8H,1H3/b26-18+,33-20?;. The zero-order chi connectivity index (χ0) is 33.5. The molecule has 4 aromatic rings. The summed E-state index contributed by atoms with van der Waals surface area (Å²) in [6.07, 6.45) is 3.14. The van der Waals surface area contributed by atoms with E-state index in [1.165, 1.54) is 21.9 Å². The highest BCUT2D eigenvalue weighted by Gasteiger charge is 2.26. The van der Waals surface area contributed by atoms with Gasteiger partial charge in [-0.1, -0.05) is 93.1 Å². The van der Waals surface area contributed by atoms with E-state index in [1.807, 2.05) is 45.0 Å². The SMILES string of the molecule is CCC(=O)c1ccc(C(=O)C(C)CC)c2c(C(C)=N/C(C#N)=C(\C)C#N)ccc(C(C)=C3CC3)c12.Cc1cccc2ccccc12. The summed E-state index contributed by atoms with van der Waals surface area (Å²) < 4.78 is 0. The molecule has 46 heavy (non-hydrogen) atoms. The Morgan fingerprint density at radius 3 is 2.02 bits per heavy atom. The number of hydrogen-bond donors (Lipinski definition) is 0. The molecule has 0 aliphatic heterocycles. The molecule has 1 aliphatic rings. The summed E-state index contributed by atoms with van der Waals surface area (Å²) in [6.45, 7) is 13.3. The average Bonchev–Trinajstić information content (AvgIpc) is 3.94. The van der Waals surface area contributed by atoms with E-state index in [4.69, 9.17) is 0 Å². The van der Waals surface area contributed by atoms with Gasteiger partial charge in [-0.3, -0.25) is 9.59 Å². The number of allylic oxidation sites excluding steroid dienone is 4. The van der Waals surface area contributed by atoms with Crippen LogP contribution >= 0.6 is 0 Å². The fourth-order valence-electron chi connectivity index (χ4n) is 5.68. The Kier molecular flexibility index (Phi) is 10.8. The molecule has 0 saturated heterocycles. The molecule has 232 valence electrons. The number of nitrogens with zero attached hydrogens (tertiary/aromatic N) is 3. The van der Waals surface area contributed by atoms with Gasteiger partial charge in [0.05, 0.1) is 11.6 Å². The highest BCUT2D eigenvalue weighted by atomic mass is 16.1. The van der Waals surface area contributed by atoms with Crippen LogP contribution in [0.1, 0.15) is 105 Å². The lowest BCUT2D eigenvalue weighted by Crippen LogP contribution is -2.14. The molecule has 0 spiro atoms. The van der Waals surface area contributed by atoms with Crippen LogP contribution in [0, 0.1) is 35.5 Å². The second kappa shape index (κ2) is 14.8. The van der Waals surface area contributed by atoms with E-state index in [0.29, 0.717) is 40.6 Å². The molecule has 0 aromatic heterocycles. The Balaban J connectivity index is 0.000000363. The Bertz CT molecular complexity index is 2020. The summed E-state index contributed by atoms with van der Waals surface area (Å²) in [5.74, 6) is -0.157. The zero-order valence-corrected chi connectivity index (χ0v) is 27.9. The molecule has 0 amide bonds. The molecule has 4 aromatic carbocycles. The third-order valence-corrected chi connectivity index (χ3v) is 8.85. The fourth-order valence-corrected chi connectivity index (χ4v) is 5.68. The molecule has 5 rings (SSSR count). The van der Waals surface area contributed by atoms with Crippen LogP contribution in [0.2, 0.25) is 0 Å². The molecule has 5 nitrogen and oxygen atoms in total. The molecule has 1 unspecified atom stereocenters. The summed E-state index contributed by atoms with van der Waals surface area (Å²) in [6, 6.07) is 26.3. The van der Waals surface area contributed by atoms with Crippen LogP contribution in [0.3, 0.4) is 0 Å². The molecule has 0 N–H and O–H groups in total. The lowest BCUT2D eigenvalue weighted by molar-refractivity contribution is 0.0927. The number of benzene rings is 4. The monoisotopic (exact) mass is 607 g/mol. The van der Waals surface area contributed by atoms with Gasteiger partial charge in [0.15, 0.2) is 17.3 Å². The van der Waals surface area contributed by atoms with Crippen molar-refractivity contribution in [2.45, 2.75) is 74.1 Å². The lowest BCUT2D eigenvalue weighted by atomic mass is 9.83. The number of carbonyl (C=O) groups excluding carboxylic acids is 2. The number of aliphatic imine (C=N–C) groups is 1.